The first-order valence-electron chi connectivity index (χ1n) is 6.00. The lowest BCUT2D eigenvalue weighted by Crippen LogP contribution is -2.06. The highest BCUT2D eigenvalue weighted by atomic mass is 19.1. The van der Waals surface area contributed by atoms with E-state index < -0.39 is 5.95 Å². The van der Waals surface area contributed by atoms with Crippen molar-refractivity contribution < 1.29 is 4.39 Å². The Morgan fingerprint density at radius 2 is 2.05 bits per heavy atom. The Morgan fingerprint density at radius 3 is 2.79 bits per heavy atom. The number of hydrogen-bond donors (Lipinski definition) is 1. The number of aromatic nitrogens is 3. The predicted octanol–water partition coefficient (Wildman–Crippen LogP) is 2.72. The fourth-order valence-corrected chi connectivity index (χ4v) is 2.02. The normalized spacial score (nSPS) is 10.8. The number of nitrogens with zero attached hydrogens (tertiary/aromatic N) is 3. The van der Waals surface area contributed by atoms with E-state index in [1.165, 1.54) is 12.3 Å². The van der Waals surface area contributed by atoms with Gasteiger partial charge < -0.3 is 9.88 Å². The number of pyridine rings is 1. The first-order chi connectivity index (χ1) is 9.24. The Hall–Kier alpha value is -2.43. The second-order valence-electron chi connectivity index (χ2n) is 4.30. The molecule has 2 heterocycles. The summed E-state index contributed by atoms with van der Waals surface area (Å²) in [5.41, 5.74) is 2.84. The molecule has 19 heavy (non-hydrogen) atoms. The van der Waals surface area contributed by atoms with Gasteiger partial charge in [-0.2, -0.15) is 4.39 Å². The minimum Gasteiger partial charge on any atom is -0.377 e. The number of fused-ring (bicyclic) bond motifs is 1. The van der Waals surface area contributed by atoms with E-state index >= 15 is 0 Å². The largest absolute Gasteiger partial charge is 0.377 e. The van der Waals surface area contributed by atoms with Crippen LogP contribution in [0.15, 0.2) is 42.6 Å². The average Bonchev–Trinajstić information content (AvgIpc) is 2.76. The molecule has 2 aromatic heterocycles. The zero-order valence-electron chi connectivity index (χ0n) is 10.5. The first kappa shape index (κ1) is 11.6. The van der Waals surface area contributed by atoms with Crippen molar-refractivity contribution in [3.8, 4) is 0 Å². The number of anilines is 1. The van der Waals surface area contributed by atoms with Crippen LogP contribution < -0.4 is 5.32 Å². The van der Waals surface area contributed by atoms with Crippen LogP contribution in [0.4, 0.5) is 10.1 Å². The number of benzene rings is 1. The summed E-state index contributed by atoms with van der Waals surface area (Å²) in [5.74, 6) is 0.443. The van der Waals surface area contributed by atoms with E-state index in [2.05, 4.69) is 15.3 Å². The molecule has 0 unspecified atom stereocenters. The molecule has 3 aromatic rings. The molecule has 5 heteroatoms. The maximum Gasteiger partial charge on any atom is 0.212 e. The van der Waals surface area contributed by atoms with Gasteiger partial charge >= 0.3 is 0 Å². The van der Waals surface area contributed by atoms with Crippen molar-refractivity contribution in [2.75, 3.05) is 5.32 Å². The molecule has 1 N–H and O–H groups in total. The van der Waals surface area contributed by atoms with Gasteiger partial charge in [-0.1, -0.05) is 12.1 Å². The molecule has 0 aliphatic heterocycles. The lowest BCUT2D eigenvalue weighted by Gasteiger charge is -2.06. The van der Waals surface area contributed by atoms with Crippen molar-refractivity contribution in [3.05, 3.63) is 54.4 Å². The number of para-hydroxylation sites is 2. The Bertz CT molecular complexity index is 703. The van der Waals surface area contributed by atoms with Gasteiger partial charge in [-0.05, 0) is 24.3 Å². The third-order valence-electron chi connectivity index (χ3n) is 3.06. The fraction of sp³-hybridized carbons (Fsp3) is 0.143. The molecule has 0 saturated carbocycles. The summed E-state index contributed by atoms with van der Waals surface area (Å²) in [6.45, 7) is 0.568. The van der Waals surface area contributed by atoms with Crippen LogP contribution in [0.1, 0.15) is 5.82 Å². The van der Waals surface area contributed by atoms with Gasteiger partial charge in [0.05, 0.1) is 29.5 Å². The Kier molecular flexibility index (Phi) is 2.87. The molecule has 0 saturated heterocycles. The number of rotatable bonds is 3. The standard InChI is InChI=1S/C14H13FN4/c1-19-12-5-3-2-4-11(12)18-14(19)9-16-10-6-7-13(15)17-8-10/h2-8,16H,9H2,1H3. The second kappa shape index (κ2) is 4.68. The van der Waals surface area contributed by atoms with Gasteiger partial charge in [0.15, 0.2) is 0 Å². The van der Waals surface area contributed by atoms with Crippen molar-refractivity contribution in [1.29, 1.82) is 0 Å². The number of imidazole rings is 1. The van der Waals surface area contributed by atoms with Gasteiger partial charge in [-0.25, -0.2) is 9.97 Å². The SMILES string of the molecule is Cn1c(CNc2ccc(F)nc2)nc2ccccc21. The van der Waals surface area contributed by atoms with Crippen LogP contribution in [-0.2, 0) is 13.6 Å². The third-order valence-corrected chi connectivity index (χ3v) is 3.06. The van der Waals surface area contributed by atoms with Crippen LogP contribution in [0.5, 0.6) is 0 Å². The maximum atomic E-state index is 12.7. The minimum atomic E-state index is -0.478. The summed E-state index contributed by atoms with van der Waals surface area (Å²) in [5, 5.41) is 3.18. The Balaban J connectivity index is 1.82. The van der Waals surface area contributed by atoms with Crippen LogP contribution >= 0.6 is 0 Å². The van der Waals surface area contributed by atoms with Crippen molar-refractivity contribution in [2.24, 2.45) is 7.05 Å². The summed E-state index contributed by atoms with van der Waals surface area (Å²) < 4.78 is 14.7. The van der Waals surface area contributed by atoms with E-state index in [9.17, 15) is 4.39 Å². The molecular formula is C14H13FN4. The molecule has 0 atom stereocenters. The zero-order chi connectivity index (χ0) is 13.2. The lowest BCUT2D eigenvalue weighted by atomic mass is 10.3. The number of nitrogens with one attached hydrogen (secondary N) is 1. The van der Waals surface area contributed by atoms with Gasteiger partial charge in [0.1, 0.15) is 5.82 Å². The number of halogens is 1. The quantitative estimate of drug-likeness (QED) is 0.733. The van der Waals surface area contributed by atoms with Gasteiger partial charge in [-0.15, -0.1) is 0 Å². The number of aryl methyl sites for hydroxylation is 1. The van der Waals surface area contributed by atoms with Crippen molar-refractivity contribution in [3.63, 3.8) is 0 Å². The Labute approximate surface area is 109 Å². The van der Waals surface area contributed by atoms with Crippen molar-refractivity contribution >= 4 is 16.7 Å². The average molecular weight is 256 g/mol. The van der Waals surface area contributed by atoms with Crippen LogP contribution in [0.3, 0.4) is 0 Å². The molecule has 96 valence electrons. The lowest BCUT2D eigenvalue weighted by molar-refractivity contribution is 0.584. The molecule has 0 spiro atoms. The molecule has 0 amide bonds. The molecular weight excluding hydrogens is 243 g/mol. The van der Waals surface area contributed by atoms with Crippen LogP contribution in [-0.4, -0.2) is 14.5 Å². The van der Waals surface area contributed by atoms with E-state index in [0.717, 1.165) is 22.5 Å². The van der Waals surface area contributed by atoms with E-state index in [1.54, 1.807) is 6.07 Å². The summed E-state index contributed by atoms with van der Waals surface area (Å²) in [4.78, 5) is 8.15. The number of hydrogen-bond acceptors (Lipinski definition) is 3. The second-order valence-corrected chi connectivity index (χ2v) is 4.30. The predicted molar refractivity (Wildman–Crippen MR) is 72.2 cm³/mol. The molecule has 0 aliphatic carbocycles. The first-order valence-corrected chi connectivity index (χ1v) is 6.00. The highest BCUT2D eigenvalue weighted by Crippen LogP contribution is 2.15. The Morgan fingerprint density at radius 1 is 1.21 bits per heavy atom. The summed E-state index contributed by atoms with van der Waals surface area (Å²) >= 11 is 0. The summed E-state index contributed by atoms with van der Waals surface area (Å²) in [6, 6.07) is 11.0. The van der Waals surface area contributed by atoms with E-state index in [-0.39, 0.29) is 0 Å². The monoisotopic (exact) mass is 256 g/mol. The summed E-state index contributed by atoms with van der Waals surface area (Å²) in [7, 11) is 1.98. The molecule has 0 fully saturated rings. The fourth-order valence-electron chi connectivity index (χ4n) is 2.02. The zero-order valence-corrected chi connectivity index (χ0v) is 10.5. The van der Waals surface area contributed by atoms with Crippen molar-refractivity contribution in [2.45, 2.75) is 6.54 Å². The highest BCUT2D eigenvalue weighted by Gasteiger charge is 2.06. The molecule has 4 nitrogen and oxygen atoms in total. The summed E-state index contributed by atoms with van der Waals surface area (Å²) in [6.07, 6.45) is 1.47. The van der Waals surface area contributed by atoms with Gasteiger partial charge in [-0.3, -0.25) is 0 Å². The van der Waals surface area contributed by atoms with Gasteiger partial charge in [0.2, 0.25) is 5.95 Å². The smallest absolute Gasteiger partial charge is 0.212 e. The van der Waals surface area contributed by atoms with Gasteiger partial charge in [0, 0.05) is 7.05 Å². The molecule has 0 bridgehead atoms. The minimum absolute atomic E-state index is 0.478. The topological polar surface area (TPSA) is 42.7 Å². The molecule has 0 radical (unpaired) electrons. The van der Waals surface area contributed by atoms with E-state index in [1.807, 2.05) is 35.9 Å². The van der Waals surface area contributed by atoms with Crippen LogP contribution in [0.25, 0.3) is 11.0 Å². The third kappa shape index (κ3) is 2.27. The molecule has 1 aromatic carbocycles. The van der Waals surface area contributed by atoms with E-state index in [0.29, 0.717) is 6.54 Å². The molecule has 0 aliphatic rings. The highest BCUT2D eigenvalue weighted by molar-refractivity contribution is 5.75. The van der Waals surface area contributed by atoms with Crippen LogP contribution in [0.2, 0.25) is 0 Å². The molecule has 3 rings (SSSR count). The maximum absolute atomic E-state index is 12.7. The van der Waals surface area contributed by atoms with Crippen LogP contribution in [0, 0.1) is 5.95 Å². The van der Waals surface area contributed by atoms with E-state index in [4.69, 9.17) is 0 Å². The van der Waals surface area contributed by atoms with Crippen molar-refractivity contribution in [1.82, 2.24) is 14.5 Å². The van der Waals surface area contributed by atoms with Gasteiger partial charge in [0.25, 0.3) is 0 Å².